The van der Waals surface area contributed by atoms with Crippen molar-refractivity contribution in [2.45, 2.75) is 6.92 Å². The number of methoxy groups -OCH3 is 1. The summed E-state index contributed by atoms with van der Waals surface area (Å²) in [6, 6.07) is 12.0. The number of hydrogen-bond donors (Lipinski definition) is 1. The third-order valence-corrected chi connectivity index (χ3v) is 3.54. The molecule has 0 saturated heterocycles. The summed E-state index contributed by atoms with van der Waals surface area (Å²) in [5.74, 6) is 0.641. The molecular formula is C17H16BrNO4. The van der Waals surface area contributed by atoms with Crippen LogP contribution in [0.15, 0.2) is 46.9 Å². The highest BCUT2D eigenvalue weighted by molar-refractivity contribution is 9.10. The number of rotatable bonds is 6. The summed E-state index contributed by atoms with van der Waals surface area (Å²) in [4.78, 5) is 23.3. The molecule has 6 heteroatoms. The topological polar surface area (TPSA) is 64.6 Å². The molecule has 2 aromatic rings. The summed E-state index contributed by atoms with van der Waals surface area (Å²) in [6.07, 6.45) is 0. The minimum absolute atomic E-state index is 0.0567. The van der Waals surface area contributed by atoms with E-state index in [1.165, 1.54) is 14.0 Å². The molecule has 0 spiro atoms. The Bertz CT molecular complexity index is 730. The third kappa shape index (κ3) is 4.82. The van der Waals surface area contributed by atoms with E-state index in [0.29, 0.717) is 22.7 Å². The third-order valence-electron chi connectivity index (χ3n) is 3.05. The lowest BCUT2D eigenvalue weighted by Gasteiger charge is -2.11. The molecule has 1 N–H and O–H groups in total. The molecule has 0 atom stereocenters. The van der Waals surface area contributed by atoms with Gasteiger partial charge in [-0.25, -0.2) is 0 Å². The summed E-state index contributed by atoms with van der Waals surface area (Å²) >= 11 is 3.34. The van der Waals surface area contributed by atoms with E-state index in [1.807, 2.05) is 6.07 Å². The van der Waals surface area contributed by atoms with Crippen LogP contribution in [-0.4, -0.2) is 25.4 Å². The number of benzene rings is 2. The van der Waals surface area contributed by atoms with Crippen molar-refractivity contribution in [3.05, 3.63) is 52.5 Å². The van der Waals surface area contributed by atoms with E-state index < -0.39 is 0 Å². The second kappa shape index (κ2) is 7.78. The Morgan fingerprint density at radius 1 is 1.17 bits per heavy atom. The highest BCUT2D eigenvalue weighted by Gasteiger charge is 2.09. The standard InChI is InChI=1S/C17H16BrNO4/c1-11(20)12-4-3-5-14(8-12)23-10-17(21)19-15-9-13(18)6-7-16(15)22-2/h3-9H,10H2,1-2H3,(H,19,21). The number of carbonyl (C=O) groups excluding carboxylic acids is 2. The van der Waals surface area contributed by atoms with Crippen LogP contribution in [0.5, 0.6) is 11.5 Å². The van der Waals surface area contributed by atoms with E-state index in [2.05, 4.69) is 21.2 Å². The molecule has 0 aliphatic rings. The van der Waals surface area contributed by atoms with E-state index in [1.54, 1.807) is 36.4 Å². The molecule has 0 aromatic heterocycles. The zero-order valence-corrected chi connectivity index (χ0v) is 14.3. The highest BCUT2D eigenvalue weighted by Crippen LogP contribution is 2.27. The minimum Gasteiger partial charge on any atom is -0.495 e. The van der Waals surface area contributed by atoms with E-state index in [9.17, 15) is 9.59 Å². The molecule has 0 unspecified atom stereocenters. The molecule has 0 aliphatic heterocycles. The predicted molar refractivity (Wildman–Crippen MR) is 91.3 cm³/mol. The Labute approximate surface area is 142 Å². The number of halogens is 1. The fourth-order valence-corrected chi connectivity index (χ4v) is 2.28. The normalized spacial score (nSPS) is 10.0. The number of carbonyl (C=O) groups is 2. The van der Waals surface area contributed by atoms with Crippen molar-refractivity contribution in [1.82, 2.24) is 0 Å². The summed E-state index contributed by atoms with van der Waals surface area (Å²) < 4.78 is 11.4. The second-order valence-electron chi connectivity index (χ2n) is 4.77. The summed E-state index contributed by atoms with van der Waals surface area (Å²) in [7, 11) is 1.53. The van der Waals surface area contributed by atoms with E-state index in [4.69, 9.17) is 9.47 Å². The molecule has 23 heavy (non-hydrogen) atoms. The number of ether oxygens (including phenoxy) is 2. The summed E-state index contributed by atoms with van der Waals surface area (Å²) in [5.41, 5.74) is 1.09. The number of hydrogen-bond acceptors (Lipinski definition) is 4. The SMILES string of the molecule is COc1ccc(Br)cc1NC(=O)COc1cccc(C(C)=O)c1. The fourth-order valence-electron chi connectivity index (χ4n) is 1.92. The summed E-state index contributed by atoms with van der Waals surface area (Å²) in [5, 5.41) is 2.72. The van der Waals surface area contributed by atoms with Gasteiger partial charge in [0.15, 0.2) is 12.4 Å². The lowest BCUT2D eigenvalue weighted by Crippen LogP contribution is -2.20. The monoisotopic (exact) mass is 377 g/mol. The number of amides is 1. The highest BCUT2D eigenvalue weighted by atomic mass is 79.9. The number of anilines is 1. The molecular weight excluding hydrogens is 362 g/mol. The van der Waals surface area contributed by atoms with E-state index >= 15 is 0 Å². The average Bonchev–Trinajstić information content (AvgIpc) is 2.53. The lowest BCUT2D eigenvalue weighted by atomic mass is 10.1. The molecule has 1 amide bonds. The molecule has 0 bridgehead atoms. The maximum Gasteiger partial charge on any atom is 0.262 e. The van der Waals surface area contributed by atoms with Crippen molar-refractivity contribution in [3.8, 4) is 11.5 Å². The predicted octanol–water partition coefficient (Wildman–Crippen LogP) is 3.68. The van der Waals surface area contributed by atoms with Crippen molar-refractivity contribution >= 4 is 33.3 Å². The molecule has 2 aromatic carbocycles. The maximum atomic E-state index is 12.0. The van der Waals surface area contributed by atoms with Crippen molar-refractivity contribution in [2.24, 2.45) is 0 Å². The molecule has 0 heterocycles. The van der Waals surface area contributed by atoms with Gasteiger partial charge in [-0.05, 0) is 37.3 Å². The van der Waals surface area contributed by atoms with Gasteiger partial charge in [-0.3, -0.25) is 9.59 Å². The molecule has 0 saturated carbocycles. The van der Waals surface area contributed by atoms with Gasteiger partial charge < -0.3 is 14.8 Å². The van der Waals surface area contributed by atoms with Crippen molar-refractivity contribution in [1.29, 1.82) is 0 Å². The van der Waals surface area contributed by atoms with Gasteiger partial charge in [0, 0.05) is 10.0 Å². The molecule has 2 rings (SSSR count). The van der Waals surface area contributed by atoms with Crippen LogP contribution in [0, 0.1) is 0 Å². The quantitative estimate of drug-likeness (QED) is 0.779. The first-order valence-corrected chi connectivity index (χ1v) is 7.66. The largest absolute Gasteiger partial charge is 0.495 e. The van der Waals surface area contributed by atoms with Crippen LogP contribution in [0.4, 0.5) is 5.69 Å². The Hall–Kier alpha value is -2.34. The molecule has 120 valence electrons. The van der Waals surface area contributed by atoms with Gasteiger partial charge in [0.2, 0.25) is 0 Å². The van der Waals surface area contributed by atoms with Gasteiger partial charge in [-0.1, -0.05) is 28.1 Å². The molecule has 0 aliphatic carbocycles. The zero-order valence-electron chi connectivity index (χ0n) is 12.8. The van der Waals surface area contributed by atoms with Gasteiger partial charge in [0.05, 0.1) is 12.8 Å². The van der Waals surface area contributed by atoms with E-state index in [-0.39, 0.29) is 18.3 Å². The van der Waals surface area contributed by atoms with Crippen molar-refractivity contribution in [2.75, 3.05) is 19.0 Å². The van der Waals surface area contributed by atoms with Crippen LogP contribution in [0.2, 0.25) is 0 Å². The number of nitrogens with one attached hydrogen (secondary N) is 1. The number of Topliss-reactive ketones (excluding diaryl/α,β-unsaturated/α-hetero) is 1. The van der Waals surface area contributed by atoms with Crippen LogP contribution in [0.1, 0.15) is 17.3 Å². The smallest absolute Gasteiger partial charge is 0.262 e. The van der Waals surface area contributed by atoms with Gasteiger partial charge in [0.1, 0.15) is 11.5 Å². The Morgan fingerprint density at radius 2 is 1.96 bits per heavy atom. The van der Waals surface area contributed by atoms with Crippen LogP contribution in [0.3, 0.4) is 0 Å². The zero-order chi connectivity index (χ0) is 16.8. The first-order valence-electron chi connectivity index (χ1n) is 6.87. The average molecular weight is 378 g/mol. The van der Waals surface area contributed by atoms with Crippen molar-refractivity contribution in [3.63, 3.8) is 0 Å². The summed E-state index contributed by atoms with van der Waals surface area (Å²) in [6.45, 7) is 1.31. The van der Waals surface area contributed by atoms with Crippen LogP contribution in [-0.2, 0) is 4.79 Å². The van der Waals surface area contributed by atoms with Gasteiger partial charge in [-0.2, -0.15) is 0 Å². The molecule has 0 radical (unpaired) electrons. The van der Waals surface area contributed by atoms with Gasteiger partial charge >= 0.3 is 0 Å². The lowest BCUT2D eigenvalue weighted by molar-refractivity contribution is -0.118. The van der Waals surface area contributed by atoms with Crippen LogP contribution in [0.25, 0.3) is 0 Å². The van der Waals surface area contributed by atoms with Crippen LogP contribution >= 0.6 is 15.9 Å². The first kappa shape index (κ1) is 17.0. The van der Waals surface area contributed by atoms with Gasteiger partial charge in [-0.15, -0.1) is 0 Å². The van der Waals surface area contributed by atoms with Crippen LogP contribution < -0.4 is 14.8 Å². The Morgan fingerprint density at radius 3 is 2.65 bits per heavy atom. The fraction of sp³-hybridized carbons (Fsp3) is 0.176. The van der Waals surface area contributed by atoms with E-state index in [0.717, 1.165) is 4.47 Å². The second-order valence-corrected chi connectivity index (χ2v) is 5.68. The van der Waals surface area contributed by atoms with Gasteiger partial charge in [0.25, 0.3) is 5.91 Å². The molecule has 0 fully saturated rings. The van der Waals surface area contributed by atoms with Crippen molar-refractivity contribution < 1.29 is 19.1 Å². The number of ketones is 1. The Balaban J connectivity index is 1.99. The maximum absolute atomic E-state index is 12.0. The Kier molecular flexibility index (Phi) is 5.76. The first-order chi connectivity index (χ1) is 11.0. The molecule has 5 nitrogen and oxygen atoms in total. The minimum atomic E-state index is -0.324.